The minimum atomic E-state index is 0.148. The van der Waals surface area contributed by atoms with Crippen LogP contribution in [-0.2, 0) is 4.79 Å². The monoisotopic (exact) mass is 200 g/mol. The summed E-state index contributed by atoms with van der Waals surface area (Å²) in [4.78, 5) is 10.7. The first-order valence-corrected chi connectivity index (χ1v) is 6.06. The van der Waals surface area contributed by atoms with Crippen molar-refractivity contribution in [3.8, 4) is 0 Å². The minimum Gasteiger partial charge on any atom is -0.295 e. The van der Waals surface area contributed by atoms with Crippen LogP contribution in [0.3, 0.4) is 0 Å². The van der Waals surface area contributed by atoms with Gasteiger partial charge in [-0.25, -0.2) is 0 Å². The normalized spacial score (nSPS) is 13.5. The number of unbranched alkanes of at least 4 members (excludes halogenated alkanes) is 1. The van der Waals surface area contributed by atoms with Gasteiger partial charge >= 0.3 is 0 Å². The number of carbonyl (C=O) groups is 1. The molecule has 76 valence electrons. The van der Waals surface area contributed by atoms with Gasteiger partial charge in [0, 0.05) is 5.25 Å². The highest BCUT2D eigenvalue weighted by molar-refractivity contribution is 8.00. The van der Waals surface area contributed by atoms with E-state index in [1.54, 1.807) is 13.0 Å². The van der Waals surface area contributed by atoms with E-state index in [2.05, 4.69) is 13.8 Å². The molecule has 0 heterocycles. The quantitative estimate of drug-likeness (QED) is 0.462. The average Bonchev–Trinajstić information content (AvgIpc) is 2.10. The van der Waals surface area contributed by atoms with E-state index in [-0.39, 0.29) is 5.78 Å². The molecule has 0 N–H and O–H groups in total. The van der Waals surface area contributed by atoms with Crippen LogP contribution in [0.1, 0.15) is 40.0 Å². The molecule has 0 aliphatic heterocycles. The molecule has 0 spiro atoms. The van der Waals surface area contributed by atoms with Crippen LogP contribution >= 0.6 is 11.8 Å². The number of allylic oxidation sites excluding steroid dienone is 1. The Morgan fingerprint density at radius 2 is 2.15 bits per heavy atom. The second-order valence-corrected chi connectivity index (χ2v) is 4.49. The summed E-state index contributed by atoms with van der Waals surface area (Å²) in [5.41, 5.74) is 0. The molecule has 0 aromatic heterocycles. The van der Waals surface area contributed by atoms with Crippen molar-refractivity contribution >= 4 is 17.5 Å². The van der Waals surface area contributed by atoms with Crippen molar-refractivity contribution in [3.05, 3.63) is 12.2 Å². The molecular weight excluding hydrogens is 180 g/mol. The number of thioether (sulfide) groups is 1. The highest BCUT2D eigenvalue weighted by atomic mass is 32.2. The van der Waals surface area contributed by atoms with E-state index >= 15 is 0 Å². The number of hydrogen-bond donors (Lipinski definition) is 0. The van der Waals surface area contributed by atoms with Crippen molar-refractivity contribution in [1.82, 2.24) is 0 Å². The molecular formula is C11H20OS. The van der Waals surface area contributed by atoms with Crippen molar-refractivity contribution in [2.24, 2.45) is 0 Å². The number of rotatable bonds is 7. The van der Waals surface area contributed by atoms with Crippen LogP contribution in [0.5, 0.6) is 0 Å². The van der Waals surface area contributed by atoms with Gasteiger partial charge in [0.05, 0.1) is 0 Å². The summed E-state index contributed by atoms with van der Waals surface area (Å²) in [5.74, 6) is 1.35. The SMILES string of the molecule is CCCCSC(/C=C/C(C)=O)CC. The predicted molar refractivity (Wildman–Crippen MR) is 61.3 cm³/mol. The standard InChI is InChI=1S/C11H20OS/c1-4-6-9-13-11(5-2)8-7-10(3)12/h7-8,11H,4-6,9H2,1-3H3/b8-7+. The Morgan fingerprint density at radius 1 is 1.46 bits per heavy atom. The summed E-state index contributed by atoms with van der Waals surface area (Å²) >= 11 is 1.95. The van der Waals surface area contributed by atoms with E-state index in [0.29, 0.717) is 5.25 Å². The maximum Gasteiger partial charge on any atom is 0.152 e. The number of carbonyl (C=O) groups excluding carboxylic acids is 1. The molecule has 0 amide bonds. The van der Waals surface area contributed by atoms with Gasteiger partial charge in [0.25, 0.3) is 0 Å². The van der Waals surface area contributed by atoms with Crippen LogP contribution in [-0.4, -0.2) is 16.8 Å². The Bertz CT molecular complexity index is 163. The maximum absolute atomic E-state index is 10.7. The molecule has 1 nitrogen and oxygen atoms in total. The molecule has 2 heteroatoms. The first-order valence-electron chi connectivity index (χ1n) is 5.01. The van der Waals surface area contributed by atoms with Crippen molar-refractivity contribution in [1.29, 1.82) is 0 Å². The fourth-order valence-electron chi connectivity index (χ4n) is 0.931. The lowest BCUT2D eigenvalue weighted by atomic mass is 10.3. The Balaban J connectivity index is 3.69. The van der Waals surface area contributed by atoms with Crippen molar-refractivity contribution in [3.63, 3.8) is 0 Å². The van der Waals surface area contributed by atoms with Gasteiger partial charge in [-0.15, -0.1) is 0 Å². The predicted octanol–water partition coefficient (Wildman–Crippen LogP) is 3.44. The number of hydrogen-bond acceptors (Lipinski definition) is 2. The zero-order valence-corrected chi connectivity index (χ0v) is 9.69. The molecule has 0 radical (unpaired) electrons. The molecule has 1 unspecified atom stereocenters. The summed E-state index contributed by atoms with van der Waals surface area (Å²) in [6.07, 6.45) is 7.35. The largest absolute Gasteiger partial charge is 0.295 e. The topological polar surface area (TPSA) is 17.1 Å². The van der Waals surface area contributed by atoms with Gasteiger partial charge in [-0.2, -0.15) is 11.8 Å². The Labute approximate surface area is 86.0 Å². The third-order valence-corrected chi connectivity index (χ3v) is 3.22. The average molecular weight is 200 g/mol. The summed E-state index contributed by atoms with van der Waals surface area (Å²) in [6, 6.07) is 0. The third kappa shape index (κ3) is 8.10. The maximum atomic E-state index is 10.7. The Hall–Kier alpha value is -0.240. The molecule has 0 saturated carbocycles. The van der Waals surface area contributed by atoms with Crippen LogP contribution in [0, 0.1) is 0 Å². The first kappa shape index (κ1) is 12.8. The molecule has 0 fully saturated rings. The molecule has 13 heavy (non-hydrogen) atoms. The Morgan fingerprint density at radius 3 is 2.62 bits per heavy atom. The zero-order chi connectivity index (χ0) is 10.1. The molecule has 0 aliphatic carbocycles. The van der Waals surface area contributed by atoms with Crippen LogP contribution in [0.4, 0.5) is 0 Å². The van der Waals surface area contributed by atoms with E-state index in [1.807, 2.05) is 17.8 Å². The summed E-state index contributed by atoms with van der Waals surface area (Å²) in [5, 5.41) is 0.524. The summed E-state index contributed by atoms with van der Waals surface area (Å²) in [7, 11) is 0. The summed E-state index contributed by atoms with van der Waals surface area (Å²) < 4.78 is 0. The van der Waals surface area contributed by atoms with E-state index in [9.17, 15) is 4.79 Å². The van der Waals surface area contributed by atoms with Crippen LogP contribution in [0.25, 0.3) is 0 Å². The van der Waals surface area contributed by atoms with Gasteiger partial charge < -0.3 is 0 Å². The zero-order valence-electron chi connectivity index (χ0n) is 8.88. The molecule has 0 aromatic carbocycles. The van der Waals surface area contributed by atoms with Gasteiger partial charge in [0.15, 0.2) is 5.78 Å². The molecule has 0 aliphatic rings. The smallest absolute Gasteiger partial charge is 0.152 e. The third-order valence-electron chi connectivity index (χ3n) is 1.78. The fraction of sp³-hybridized carbons (Fsp3) is 0.727. The van der Waals surface area contributed by atoms with Crippen LogP contribution in [0.15, 0.2) is 12.2 Å². The second kappa shape index (κ2) is 8.36. The fourth-order valence-corrected chi connectivity index (χ4v) is 2.11. The lowest BCUT2D eigenvalue weighted by Crippen LogP contribution is -1.98. The second-order valence-electron chi connectivity index (χ2n) is 3.14. The van der Waals surface area contributed by atoms with Gasteiger partial charge in [0.1, 0.15) is 0 Å². The molecule has 0 rings (SSSR count). The van der Waals surface area contributed by atoms with E-state index in [4.69, 9.17) is 0 Å². The van der Waals surface area contributed by atoms with Crippen molar-refractivity contribution < 1.29 is 4.79 Å². The lowest BCUT2D eigenvalue weighted by molar-refractivity contribution is -0.112. The first-order chi connectivity index (χ1) is 6.20. The van der Waals surface area contributed by atoms with E-state index in [1.165, 1.54) is 18.6 Å². The van der Waals surface area contributed by atoms with Gasteiger partial charge in [-0.1, -0.05) is 26.3 Å². The molecule has 0 bridgehead atoms. The van der Waals surface area contributed by atoms with Gasteiger partial charge in [-0.3, -0.25) is 4.79 Å². The van der Waals surface area contributed by atoms with Crippen LogP contribution in [0.2, 0.25) is 0 Å². The lowest BCUT2D eigenvalue weighted by Gasteiger charge is -2.08. The highest BCUT2D eigenvalue weighted by Crippen LogP contribution is 2.17. The molecule has 1 atom stereocenters. The molecule has 0 aromatic rings. The van der Waals surface area contributed by atoms with Crippen molar-refractivity contribution in [2.45, 2.75) is 45.3 Å². The van der Waals surface area contributed by atoms with E-state index in [0.717, 1.165) is 6.42 Å². The van der Waals surface area contributed by atoms with Gasteiger partial charge in [0.2, 0.25) is 0 Å². The van der Waals surface area contributed by atoms with E-state index < -0.39 is 0 Å². The van der Waals surface area contributed by atoms with Crippen molar-refractivity contribution in [2.75, 3.05) is 5.75 Å². The Kier molecular flexibility index (Phi) is 8.21. The highest BCUT2D eigenvalue weighted by Gasteiger charge is 2.01. The summed E-state index contributed by atoms with van der Waals surface area (Å²) in [6.45, 7) is 5.96. The minimum absolute atomic E-state index is 0.148. The number of ketones is 1. The van der Waals surface area contributed by atoms with Gasteiger partial charge in [-0.05, 0) is 31.6 Å². The van der Waals surface area contributed by atoms with Crippen LogP contribution < -0.4 is 0 Å². The molecule has 0 saturated heterocycles.